The van der Waals surface area contributed by atoms with Crippen LogP contribution in [0.15, 0.2) is 65.1 Å². The summed E-state index contributed by atoms with van der Waals surface area (Å²) in [6.45, 7) is 2.60. The number of carbonyl (C=O) groups excluding carboxylic acids is 3. The lowest BCUT2D eigenvalue weighted by atomic mass is 10.0. The van der Waals surface area contributed by atoms with Crippen LogP contribution in [0.3, 0.4) is 0 Å². The van der Waals surface area contributed by atoms with Gasteiger partial charge in [0.05, 0.1) is 19.3 Å². The Morgan fingerprint density at radius 3 is 2.62 bits per heavy atom. The van der Waals surface area contributed by atoms with Crippen molar-refractivity contribution in [1.29, 1.82) is 0 Å². The Labute approximate surface area is 227 Å². The van der Waals surface area contributed by atoms with E-state index in [2.05, 4.69) is 0 Å². The molecule has 1 aromatic heterocycles. The zero-order valence-corrected chi connectivity index (χ0v) is 22.1. The predicted octanol–water partition coefficient (Wildman–Crippen LogP) is 3.98. The normalized spacial score (nSPS) is 15.8. The maximum Gasteiger partial charge on any atom is 0.417 e. The molecule has 9 nitrogen and oxygen atoms in total. The topological polar surface area (TPSA) is 116 Å². The van der Waals surface area contributed by atoms with Gasteiger partial charge in [-0.3, -0.25) is 9.59 Å². The molecule has 4 rings (SSSR count). The maximum atomic E-state index is 13.6. The number of furan rings is 1. The predicted molar refractivity (Wildman–Crippen MR) is 142 cm³/mol. The lowest BCUT2D eigenvalue weighted by Crippen LogP contribution is -2.48. The first-order valence-corrected chi connectivity index (χ1v) is 12.9. The molecule has 0 bridgehead atoms. The highest BCUT2D eigenvalue weighted by Gasteiger charge is 2.44. The molecule has 39 heavy (non-hydrogen) atoms. The van der Waals surface area contributed by atoms with Gasteiger partial charge in [-0.1, -0.05) is 60.2 Å². The van der Waals surface area contributed by atoms with Crippen molar-refractivity contribution in [2.75, 3.05) is 33.5 Å². The molecule has 0 radical (unpaired) electrons. The monoisotopic (exact) mass is 535 g/mol. The fourth-order valence-corrected chi connectivity index (χ4v) is 4.64. The third-order valence-corrected chi connectivity index (χ3v) is 6.52. The van der Waals surface area contributed by atoms with Gasteiger partial charge in [0.15, 0.2) is 5.76 Å². The molecule has 0 unspecified atom stereocenters. The van der Waals surface area contributed by atoms with E-state index in [1.807, 2.05) is 61.5 Å². The maximum absolute atomic E-state index is 13.6. The third-order valence-electron chi connectivity index (χ3n) is 6.52. The Hall–Kier alpha value is -3.79. The second kappa shape index (κ2) is 13.3. The number of hydrogen-bond acceptors (Lipinski definition) is 8. The van der Waals surface area contributed by atoms with Crippen molar-refractivity contribution in [3.8, 4) is 11.1 Å². The number of hydrogen-bond donors (Lipinski definition) is 1. The van der Waals surface area contributed by atoms with E-state index in [4.69, 9.17) is 23.7 Å². The molecule has 1 saturated heterocycles. The lowest BCUT2D eigenvalue weighted by molar-refractivity contribution is -0.137. The van der Waals surface area contributed by atoms with Crippen LogP contribution in [0, 0.1) is 6.92 Å². The van der Waals surface area contributed by atoms with Crippen LogP contribution in [0.4, 0.5) is 4.79 Å². The van der Waals surface area contributed by atoms with E-state index < -0.39 is 29.9 Å². The van der Waals surface area contributed by atoms with Gasteiger partial charge in [-0.25, -0.2) is 9.69 Å². The largest absolute Gasteiger partial charge is 0.457 e. The molecule has 0 spiro atoms. The molecule has 2 amide bonds. The van der Waals surface area contributed by atoms with Crippen molar-refractivity contribution in [2.45, 2.75) is 38.3 Å². The summed E-state index contributed by atoms with van der Waals surface area (Å²) in [5.41, 5.74) is 3.57. The van der Waals surface area contributed by atoms with E-state index in [0.29, 0.717) is 31.6 Å². The number of methoxy groups -OCH3 is 1. The molecule has 2 atom stereocenters. The number of cyclic esters (lactones) is 1. The molecule has 1 fully saturated rings. The Morgan fingerprint density at radius 1 is 1.10 bits per heavy atom. The summed E-state index contributed by atoms with van der Waals surface area (Å²) in [7, 11) is 1.25. The van der Waals surface area contributed by atoms with Crippen LogP contribution in [-0.4, -0.2) is 73.5 Å². The molecule has 0 saturated carbocycles. The number of ketones is 1. The Morgan fingerprint density at radius 2 is 1.90 bits per heavy atom. The second-order valence-corrected chi connectivity index (χ2v) is 9.37. The van der Waals surface area contributed by atoms with E-state index in [0.717, 1.165) is 27.2 Å². The fraction of sp³-hybridized carbons (Fsp3) is 0.367. The summed E-state index contributed by atoms with van der Waals surface area (Å²) >= 11 is 0. The SMILES string of the molecule is CO[C@H](C(=O)c1cc(-c2cccc(C)c2)c(CCCOCCO)o1)C(=O)N1C(=O)OC[C@H]1Cc1ccccc1. The zero-order chi connectivity index (χ0) is 27.8. The van der Waals surface area contributed by atoms with Crippen molar-refractivity contribution in [1.82, 2.24) is 4.90 Å². The molecule has 1 aliphatic rings. The van der Waals surface area contributed by atoms with Gasteiger partial charge in [-0.2, -0.15) is 0 Å². The van der Waals surface area contributed by atoms with Crippen LogP contribution in [0.2, 0.25) is 0 Å². The van der Waals surface area contributed by atoms with Crippen LogP contribution in [0.1, 0.15) is 33.9 Å². The Kier molecular flexibility index (Phi) is 9.64. The Bertz CT molecular complexity index is 1290. The summed E-state index contributed by atoms with van der Waals surface area (Å²) in [5.74, 6) is -0.942. The number of Topliss-reactive ketones (excluding diaryl/α,β-unsaturated/α-hetero) is 1. The number of aliphatic hydroxyl groups is 1. The number of rotatable bonds is 13. The first-order valence-electron chi connectivity index (χ1n) is 12.9. The lowest BCUT2D eigenvalue weighted by Gasteiger charge is -2.23. The molecule has 1 aliphatic heterocycles. The van der Waals surface area contributed by atoms with Crippen molar-refractivity contribution in [3.63, 3.8) is 0 Å². The average molecular weight is 536 g/mol. The molecule has 0 aliphatic carbocycles. The van der Waals surface area contributed by atoms with E-state index in [-0.39, 0.29) is 25.6 Å². The van der Waals surface area contributed by atoms with Crippen LogP contribution < -0.4 is 0 Å². The highest BCUT2D eigenvalue weighted by molar-refractivity contribution is 6.14. The standard InChI is InChI=1S/C30H33NO8/c1-20-8-6-11-22(16-20)24-18-26(39-25(24)12-7-14-37-15-13-32)27(33)28(36-2)29(34)31-23(19-38-30(31)35)17-21-9-4-3-5-10-21/h3-6,8-11,16,18,23,28,32H,7,12-15,17,19H2,1-2H3/t23-,28-/m1/s1. The van der Waals surface area contributed by atoms with Gasteiger partial charge in [-0.05, 0) is 37.0 Å². The minimum atomic E-state index is -1.58. The molecular weight excluding hydrogens is 502 g/mol. The van der Waals surface area contributed by atoms with Crippen LogP contribution in [0.25, 0.3) is 11.1 Å². The van der Waals surface area contributed by atoms with E-state index in [9.17, 15) is 14.4 Å². The van der Waals surface area contributed by atoms with Gasteiger partial charge in [0, 0.05) is 25.7 Å². The van der Waals surface area contributed by atoms with E-state index in [1.165, 1.54) is 7.11 Å². The number of imide groups is 1. The second-order valence-electron chi connectivity index (χ2n) is 9.37. The zero-order valence-electron chi connectivity index (χ0n) is 22.1. The summed E-state index contributed by atoms with van der Waals surface area (Å²) in [4.78, 5) is 40.5. The molecule has 3 aromatic rings. The number of carbonyl (C=O) groups is 3. The molecule has 2 aromatic carbocycles. The third kappa shape index (κ3) is 6.81. The molecule has 9 heteroatoms. The summed E-state index contributed by atoms with van der Waals surface area (Å²) < 4.78 is 21.9. The summed E-state index contributed by atoms with van der Waals surface area (Å²) in [5, 5.41) is 8.92. The summed E-state index contributed by atoms with van der Waals surface area (Å²) in [6, 6.07) is 18.3. The first kappa shape index (κ1) is 28.2. The van der Waals surface area contributed by atoms with E-state index in [1.54, 1.807) is 6.07 Å². The average Bonchev–Trinajstić information content (AvgIpc) is 3.53. The number of aryl methyl sites for hydroxylation is 2. The number of benzene rings is 2. The van der Waals surface area contributed by atoms with Crippen LogP contribution in [0.5, 0.6) is 0 Å². The quantitative estimate of drug-likeness (QED) is 0.199. The summed E-state index contributed by atoms with van der Waals surface area (Å²) in [6.07, 6.45) is -0.909. The van der Waals surface area contributed by atoms with Crippen molar-refractivity contribution in [3.05, 3.63) is 83.3 Å². The van der Waals surface area contributed by atoms with Crippen LogP contribution >= 0.6 is 0 Å². The number of nitrogens with zero attached hydrogens (tertiary/aromatic N) is 1. The molecule has 1 N–H and O–H groups in total. The Balaban J connectivity index is 1.57. The fourth-order valence-electron chi connectivity index (χ4n) is 4.64. The molecule has 2 heterocycles. The molecule has 206 valence electrons. The van der Waals surface area contributed by atoms with Gasteiger partial charge < -0.3 is 23.7 Å². The number of amides is 2. The van der Waals surface area contributed by atoms with Gasteiger partial charge in [0.2, 0.25) is 11.9 Å². The number of aliphatic hydroxyl groups excluding tert-OH is 1. The molecular formula is C30H33NO8. The van der Waals surface area contributed by atoms with Gasteiger partial charge in [0.1, 0.15) is 12.4 Å². The highest BCUT2D eigenvalue weighted by atomic mass is 16.6. The number of ether oxygens (including phenoxy) is 3. The van der Waals surface area contributed by atoms with Gasteiger partial charge in [0.25, 0.3) is 5.91 Å². The first-order chi connectivity index (χ1) is 18.9. The smallest absolute Gasteiger partial charge is 0.417 e. The van der Waals surface area contributed by atoms with Gasteiger partial charge >= 0.3 is 6.09 Å². The van der Waals surface area contributed by atoms with Crippen molar-refractivity contribution in [2.24, 2.45) is 0 Å². The van der Waals surface area contributed by atoms with E-state index >= 15 is 0 Å². The van der Waals surface area contributed by atoms with Crippen LogP contribution in [-0.2, 0) is 31.8 Å². The minimum Gasteiger partial charge on any atom is -0.457 e. The van der Waals surface area contributed by atoms with Crippen molar-refractivity contribution >= 4 is 17.8 Å². The van der Waals surface area contributed by atoms with Crippen molar-refractivity contribution < 1.29 is 38.1 Å². The minimum absolute atomic E-state index is 0.0326. The van der Waals surface area contributed by atoms with Gasteiger partial charge in [-0.15, -0.1) is 0 Å². The highest BCUT2D eigenvalue weighted by Crippen LogP contribution is 2.30.